The number of imidazole rings is 1. The van der Waals surface area contributed by atoms with Crippen LogP contribution in [-0.2, 0) is 0 Å². The molecule has 1 saturated carbocycles. The summed E-state index contributed by atoms with van der Waals surface area (Å²) in [5, 5.41) is 0.226. The molecule has 102 valence electrons. The molecule has 3 heterocycles. The first kappa shape index (κ1) is 11.9. The molecular formula is C14H13ClN4O. The number of furan rings is 1. The molecule has 0 radical (unpaired) electrons. The Labute approximate surface area is 120 Å². The lowest BCUT2D eigenvalue weighted by Crippen LogP contribution is -2.04. The second-order valence-electron chi connectivity index (χ2n) is 5.08. The quantitative estimate of drug-likeness (QED) is 0.672. The molecule has 0 amide bonds. The highest BCUT2D eigenvalue weighted by Gasteiger charge is 2.22. The Bertz CT molecular complexity index is 744. The molecule has 1 aliphatic carbocycles. The number of aromatic nitrogens is 4. The molecule has 0 N–H and O–H groups in total. The van der Waals surface area contributed by atoms with Gasteiger partial charge >= 0.3 is 0 Å². The summed E-state index contributed by atoms with van der Waals surface area (Å²) >= 11 is 6.07. The summed E-state index contributed by atoms with van der Waals surface area (Å²) in [6.07, 6.45) is 8.32. The number of rotatable bonds is 2. The van der Waals surface area contributed by atoms with Crippen LogP contribution in [0.1, 0.15) is 31.7 Å². The summed E-state index contributed by atoms with van der Waals surface area (Å²) in [5.74, 6) is 0.663. The molecule has 0 saturated heterocycles. The molecule has 1 aliphatic rings. The van der Waals surface area contributed by atoms with Crippen LogP contribution in [0.25, 0.3) is 22.6 Å². The van der Waals surface area contributed by atoms with Gasteiger partial charge in [-0.05, 0) is 36.6 Å². The minimum atomic E-state index is 0.226. The SMILES string of the molecule is Clc1nc(-c2ccco2)c2ncn(C3CCCC3)c2n1. The number of hydrogen-bond acceptors (Lipinski definition) is 4. The highest BCUT2D eigenvalue weighted by Crippen LogP contribution is 2.34. The number of hydrogen-bond donors (Lipinski definition) is 0. The zero-order valence-electron chi connectivity index (χ0n) is 10.8. The average molecular weight is 289 g/mol. The number of nitrogens with zero attached hydrogens (tertiary/aromatic N) is 4. The lowest BCUT2D eigenvalue weighted by Gasteiger charge is -2.11. The van der Waals surface area contributed by atoms with E-state index in [4.69, 9.17) is 16.0 Å². The number of fused-ring (bicyclic) bond motifs is 1. The molecule has 1 fully saturated rings. The van der Waals surface area contributed by atoms with Gasteiger partial charge in [0.2, 0.25) is 5.28 Å². The van der Waals surface area contributed by atoms with Crippen molar-refractivity contribution in [2.75, 3.05) is 0 Å². The zero-order chi connectivity index (χ0) is 13.5. The predicted octanol–water partition coefficient (Wildman–Crippen LogP) is 3.85. The van der Waals surface area contributed by atoms with Crippen LogP contribution in [0.2, 0.25) is 5.28 Å². The second kappa shape index (κ2) is 4.59. The van der Waals surface area contributed by atoms with E-state index >= 15 is 0 Å². The van der Waals surface area contributed by atoms with Gasteiger partial charge in [0.15, 0.2) is 11.4 Å². The molecule has 0 aliphatic heterocycles. The second-order valence-corrected chi connectivity index (χ2v) is 5.42. The van der Waals surface area contributed by atoms with Gasteiger partial charge in [-0.25, -0.2) is 9.97 Å². The first-order chi connectivity index (χ1) is 9.83. The molecule has 5 nitrogen and oxygen atoms in total. The van der Waals surface area contributed by atoms with Crippen LogP contribution in [0.5, 0.6) is 0 Å². The maximum absolute atomic E-state index is 6.07. The average Bonchev–Trinajstić information content (AvgIpc) is 3.18. The summed E-state index contributed by atoms with van der Waals surface area (Å²) < 4.78 is 7.55. The summed E-state index contributed by atoms with van der Waals surface area (Å²) in [7, 11) is 0. The summed E-state index contributed by atoms with van der Waals surface area (Å²) in [5.41, 5.74) is 2.20. The Morgan fingerprint density at radius 2 is 2.10 bits per heavy atom. The Kier molecular flexibility index (Phi) is 2.73. The largest absolute Gasteiger partial charge is 0.463 e. The van der Waals surface area contributed by atoms with E-state index in [1.165, 1.54) is 25.7 Å². The number of halogens is 1. The fourth-order valence-electron chi connectivity index (χ4n) is 2.92. The Balaban J connectivity index is 1.93. The fourth-order valence-corrected chi connectivity index (χ4v) is 3.09. The standard InChI is InChI=1S/C14H13ClN4O/c15-14-17-11(10-6-3-7-20-10)12-13(18-14)19(8-16-12)9-4-1-2-5-9/h3,6-9H,1-2,4-5H2. The van der Waals surface area contributed by atoms with Crippen molar-refractivity contribution in [3.8, 4) is 11.5 Å². The zero-order valence-corrected chi connectivity index (χ0v) is 11.5. The predicted molar refractivity (Wildman–Crippen MR) is 75.5 cm³/mol. The van der Waals surface area contributed by atoms with E-state index < -0.39 is 0 Å². The fraction of sp³-hybridized carbons (Fsp3) is 0.357. The molecule has 4 rings (SSSR count). The van der Waals surface area contributed by atoms with Gasteiger partial charge < -0.3 is 8.98 Å². The molecular weight excluding hydrogens is 276 g/mol. The van der Waals surface area contributed by atoms with E-state index in [0.29, 0.717) is 17.5 Å². The highest BCUT2D eigenvalue weighted by molar-refractivity contribution is 6.28. The van der Waals surface area contributed by atoms with E-state index in [0.717, 1.165) is 11.2 Å². The van der Waals surface area contributed by atoms with Crippen molar-refractivity contribution < 1.29 is 4.42 Å². The molecule has 0 spiro atoms. The van der Waals surface area contributed by atoms with Crippen molar-refractivity contribution in [3.05, 3.63) is 30.0 Å². The van der Waals surface area contributed by atoms with Crippen molar-refractivity contribution in [2.45, 2.75) is 31.7 Å². The van der Waals surface area contributed by atoms with Gasteiger partial charge in [0.1, 0.15) is 11.2 Å². The molecule has 0 aromatic carbocycles. The summed E-state index contributed by atoms with van der Waals surface area (Å²) in [6.45, 7) is 0. The van der Waals surface area contributed by atoms with Crippen molar-refractivity contribution in [3.63, 3.8) is 0 Å². The summed E-state index contributed by atoms with van der Waals surface area (Å²) in [4.78, 5) is 13.1. The van der Waals surface area contributed by atoms with Gasteiger partial charge in [-0.2, -0.15) is 4.98 Å². The van der Waals surface area contributed by atoms with Crippen molar-refractivity contribution >= 4 is 22.8 Å². The monoisotopic (exact) mass is 288 g/mol. The minimum absolute atomic E-state index is 0.226. The smallest absolute Gasteiger partial charge is 0.225 e. The first-order valence-electron chi connectivity index (χ1n) is 6.77. The maximum atomic E-state index is 6.07. The maximum Gasteiger partial charge on any atom is 0.225 e. The van der Waals surface area contributed by atoms with Crippen molar-refractivity contribution in [1.82, 2.24) is 19.5 Å². The van der Waals surface area contributed by atoms with Gasteiger partial charge in [0, 0.05) is 6.04 Å². The minimum Gasteiger partial charge on any atom is -0.463 e. The lowest BCUT2D eigenvalue weighted by molar-refractivity contribution is 0.529. The Morgan fingerprint density at radius 1 is 1.25 bits per heavy atom. The van der Waals surface area contributed by atoms with Gasteiger partial charge in [-0.15, -0.1) is 0 Å². The summed E-state index contributed by atoms with van der Waals surface area (Å²) in [6, 6.07) is 4.15. The highest BCUT2D eigenvalue weighted by atomic mass is 35.5. The third kappa shape index (κ3) is 1.81. The third-order valence-corrected chi connectivity index (χ3v) is 4.04. The molecule has 6 heteroatoms. The van der Waals surface area contributed by atoms with Crippen molar-refractivity contribution in [1.29, 1.82) is 0 Å². The molecule has 20 heavy (non-hydrogen) atoms. The van der Waals surface area contributed by atoms with Crippen LogP contribution in [0, 0.1) is 0 Å². The van der Waals surface area contributed by atoms with Gasteiger partial charge in [0.05, 0.1) is 12.6 Å². The molecule has 0 bridgehead atoms. The molecule has 3 aromatic rings. The van der Waals surface area contributed by atoms with Crippen molar-refractivity contribution in [2.24, 2.45) is 0 Å². The van der Waals surface area contributed by atoms with Gasteiger partial charge in [0.25, 0.3) is 0 Å². The van der Waals surface area contributed by atoms with E-state index in [1.807, 2.05) is 18.5 Å². The molecule has 0 atom stereocenters. The van der Waals surface area contributed by atoms with Crippen LogP contribution in [0.3, 0.4) is 0 Å². The van der Waals surface area contributed by atoms with Crippen LogP contribution in [0.15, 0.2) is 29.1 Å². The van der Waals surface area contributed by atoms with Gasteiger partial charge in [-0.1, -0.05) is 12.8 Å². The van der Waals surface area contributed by atoms with E-state index in [1.54, 1.807) is 6.26 Å². The molecule has 0 unspecified atom stereocenters. The first-order valence-corrected chi connectivity index (χ1v) is 7.14. The Hall–Kier alpha value is -1.88. The lowest BCUT2D eigenvalue weighted by atomic mass is 10.2. The van der Waals surface area contributed by atoms with E-state index in [2.05, 4.69) is 19.5 Å². The van der Waals surface area contributed by atoms with Crippen LogP contribution in [0.4, 0.5) is 0 Å². The van der Waals surface area contributed by atoms with E-state index in [-0.39, 0.29) is 5.28 Å². The Morgan fingerprint density at radius 3 is 2.85 bits per heavy atom. The van der Waals surface area contributed by atoms with Crippen LogP contribution >= 0.6 is 11.6 Å². The van der Waals surface area contributed by atoms with Crippen LogP contribution < -0.4 is 0 Å². The normalized spacial score (nSPS) is 16.2. The van der Waals surface area contributed by atoms with Gasteiger partial charge in [-0.3, -0.25) is 0 Å². The molecule has 3 aromatic heterocycles. The topological polar surface area (TPSA) is 56.7 Å². The van der Waals surface area contributed by atoms with Crippen LogP contribution in [-0.4, -0.2) is 19.5 Å². The van der Waals surface area contributed by atoms with E-state index in [9.17, 15) is 0 Å². The third-order valence-electron chi connectivity index (χ3n) is 3.87.